The summed E-state index contributed by atoms with van der Waals surface area (Å²) in [6, 6.07) is 13.4. The van der Waals surface area contributed by atoms with Crippen LogP contribution in [0.25, 0.3) is 11.1 Å². The maximum Gasteiger partial charge on any atom is 0.321 e. The van der Waals surface area contributed by atoms with E-state index in [9.17, 15) is 9.59 Å². The van der Waals surface area contributed by atoms with Crippen LogP contribution in [-0.4, -0.2) is 50.5 Å². The average Bonchev–Trinajstić information content (AvgIpc) is 2.87. The van der Waals surface area contributed by atoms with Crippen LogP contribution in [0.3, 0.4) is 0 Å². The molecule has 0 radical (unpaired) electrons. The minimum absolute atomic E-state index is 0.0612. The molecule has 0 unspecified atom stereocenters. The van der Waals surface area contributed by atoms with E-state index in [1.165, 1.54) is 19.3 Å². The number of aliphatic carboxylic acids is 1. The third-order valence-corrected chi connectivity index (χ3v) is 5.77. The van der Waals surface area contributed by atoms with Crippen LogP contribution in [0.15, 0.2) is 42.5 Å². The number of unbranched alkanes of at least 4 members (excludes halogenated alkanes) is 4. The molecule has 0 bridgehead atoms. The predicted molar refractivity (Wildman–Crippen MR) is 140 cm³/mol. The number of ether oxygens (including phenoxy) is 2. The zero-order valence-corrected chi connectivity index (χ0v) is 21.3. The van der Waals surface area contributed by atoms with Gasteiger partial charge in [-0.3, -0.25) is 9.69 Å². The Hall–Kier alpha value is -3.06. The Morgan fingerprint density at radius 1 is 1.00 bits per heavy atom. The first-order valence-corrected chi connectivity index (χ1v) is 12.6. The number of carboxylic acid groups (broad SMARTS) is 1. The SMILES string of the molecule is CCCCCCCNC(=O)N(C)c1cccc(-c2ccc(CCC(=O)O)cc2OCCOCC)c1. The second-order valence-electron chi connectivity index (χ2n) is 8.53. The van der Waals surface area contributed by atoms with Crippen molar-refractivity contribution in [1.29, 1.82) is 0 Å². The lowest BCUT2D eigenvalue weighted by Crippen LogP contribution is -2.37. The molecule has 0 saturated carbocycles. The van der Waals surface area contributed by atoms with Crippen molar-refractivity contribution in [2.75, 3.05) is 38.3 Å². The number of urea groups is 1. The monoisotopic (exact) mass is 484 g/mol. The number of carbonyl (C=O) groups is 2. The van der Waals surface area contributed by atoms with Gasteiger partial charge in [0.25, 0.3) is 0 Å². The van der Waals surface area contributed by atoms with Crippen molar-refractivity contribution in [3.63, 3.8) is 0 Å². The summed E-state index contributed by atoms with van der Waals surface area (Å²) in [5, 5.41) is 12.0. The second-order valence-corrected chi connectivity index (χ2v) is 8.53. The minimum atomic E-state index is -0.831. The van der Waals surface area contributed by atoms with Gasteiger partial charge in [0, 0.05) is 37.9 Å². The molecule has 0 aliphatic rings. The zero-order valence-electron chi connectivity index (χ0n) is 21.3. The van der Waals surface area contributed by atoms with Crippen molar-refractivity contribution >= 4 is 17.7 Å². The van der Waals surface area contributed by atoms with Crippen LogP contribution < -0.4 is 15.0 Å². The molecular formula is C28H40N2O5. The Kier molecular flexibility index (Phi) is 12.7. The van der Waals surface area contributed by atoms with E-state index in [4.69, 9.17) is 14.6 Å². The third-order valence-electron chi connectivity index (χ3n) is 5.77. The van der Waals surface area contributed by atoms with E-state index in [-0.39, 0.29) is 12.5 Å². The van der Waals surface area contributed by atoms with Gasteiger partial charge in [0.15, 0.2) is 0 Å². The molecule has 0 fully saturated rings. The molecule has 0 atom stereocenters. The van der Waals surface area contributed by atoms with Gasteiger partial charge in [0.2, 0.25) is 0 Å². The van der Waals surface area contributed by atoms with E-state index in [1.807, 2.05) is 49.4 Å². The molecule has 2 rings (SSSR count). The fraction of sp³-hybridized carbons (Fsp3) is 0.500. The number of anilines is 1. The fourth-order valence-corrected chi connectivity index (χ4v) is 3.73. The molecule has 0 spiro atoms. The van der Waals surface area contributed by atoms with Crippen molar-refractivity contribution in [3.05, 3.63) is 48.0 Å². The van der Waals surface area contributed by atoms with E-state index in [0.29, 0.717) is 38.5 Å². The molecule has 192 valence electrons. The van der Waals surface area contributed by atoms with Crippen molar-refractivity contribution in [2.45, 2.75) is 58.8 Å². The molecule has 2 aromatic rings. The van der Waals surface area contributed by atoms with Crippen molar-refractivity contribution in [2.24, 2.45) is 0 Å². The van der Waals surface area contributed by atoms with Crippen molar-refractivity contribution in [3.8, 4) is 16.9 Å². The Labute approximate surface area is 209 Å². The second kappa shape index (κ2) is 15.8. The van der Waals surface area contributed by atoms with Gasteiger partial charge in [0.05, 0.1) is 6.61 Å². The number of hydrogen-bond acceptors (Lipinski definition) is 4. The maximum absolute atomic E-state index is 12.6. The van der Waals surface area contributed by atoms with Crippen LogP contribution in [-0.2, 0) is 16.0 Å². The summed E-state index contributed by atoms with van der Waals surface area (Å²) in [7, 11) is 1.76. The molecular weight excluding hydrogens is 444 g/mol. The molecule has 0 heterocycles. The summed E-state index contributed by atoms with van der Waals surface area (Å²) in [4.78, 5) is 25.3. The number of carboxylic acids is 1. The van der Waals surface area contributed by atoms with Gasteiger partial charge < -0.3 is 19.9 Å². The first-order chi connectivity index (χ1) is 17.0. The molecule has 7 nitrogen and oxygen atoms in total. The highest BCUT2D eigenvalue weighted by Gasteiger charge is 2.14. The van der Waals surface area contributed by atoms with E-state index in [1.54, 1.807) is 11.9 Å². The van der Waals surface area contributed by atoms with Crippen molar-refractivity contribution in [1.82, 2.24) is 5.32 Å². The maximum atomic E-state index is 12.6. The Morgan fingerprint density at radius 2 is 1.80 bits per heavy atom. The summed E-state index contributed by atoms with van der Waals surface area (Å²) >= 11 is 0. The molecule has 0 aromatic heterocycles. The van der Waals surface area contributed by atoms with Gasteiger partial charge in [-0.1, -0.05) is 56.9 Å². The van der Waals surface area contributed by atoms with Crippen molar-refractivity contribution < 1.29 is 24.2 Å². The summed E-state index contributed by atoms with van der Waals surface area (Å²) in [5.74, 6) is -0.160. The van der Waals surface area contributed by atoms with Gasteiger partial charge in [-0.15, -0.1) is 0 Å². The highest BCUT2D eigenvalue weighted by molar-refractivity contribution is 5.92. The van der Waals surface area contributed by atoms with Crippen LogP contribution in [0.2, 0.25) is 0 Å². The number of nitrogens with zero attached hydrogens (tertiary/aromatic N) is 1. The predicted octanol–water partition coefficient (Wildman–Crippen LogP) is 5.90. The lowest BCUT2D eigenvalue weighted by Gasteiger charge is -2.20. The lowest BCUT2D eigenvalue weighted by molar-refractivity contribution is -0.136. The van der Waals surface area contributed by atoms with Gasteiger partial charge >= 0.3 is 12.0 Å². The number of aryl methyl sites for hydroxylation is 1. The van der Waals surface area contributed by atoms with Crippen LogP contribution in [0.1, 0.15) is 57.9 Å². The number of rotatable bonds is 16. The van der Waals surface area contributed by atoms with Gasteiger partial charge in [-0.2, -0.15) is 0 Å². The van der Waals surface area contributed by atoms with Crippen LogP contribution >= 0.6 is 0 Å². The number of nitrogens with one attached hydrogen (secondary N) is 1. The molecule has 35 heavy (non-hydrogen) atoms. The smallest absolute Gasteiger partial charge is 0.321 e. The fourth-order valence-electron chi connectivity index (χ4n) is 3.73. The quantitative estimate of drug-likeness (QED) is 0.290. The van der Waals surface area contributed by atoms with Gasteiger partial charge in [-0.25, -0.2) is 4.79 Å². The largest absolute Gasteiger partial charge is 0.491 e. The first kappa shape index (κ1) is 28.2. The zero-order chi connectivity index (χ0) is 25.5. The van der Waals surface area contributed by atoms with Crippen LogP contribution in [0.5, 0.6) is 5.75 Å². The van der Waals surface area contributed by atoms with E-state index < -0.39 is 5.97 Å². The summed E-state index contributed by atoms with van der Waals surface area (Å²) < 4.78 is 11.4. The number of carbonyl (C=O) groups excluding carboxylic acids is 1. The topological polar surface area (TPSA) is 88.1 Å². The van der Waals surface area contributed by atoms with Crippen LogP contribution in [0, 0.1) is 0 Å². The molecule has 2 amide bonds. The summed E-state index contributed by atoms with van der Waals surface area (Å²) in [6.07, 6.45) is 6.24. The molecule has 0 aliphatic heterocycles. The molecule has 0 saturated heterocycles. The number of benzene rings is 2. The standard InChI is InChI=1S/C28H40N2O5/c1-4-6-7-8-9-17-29-28(33)30(3)24-12-10-11-23(21-24)25-15-13-22(14-16-27(31)32)20-26(25)35-19-18-34-5-2/h10-13,15,20-21H,4-9,14,16-19H2,1-3H3,(H,29,33)(H,31,32). The first-order valence-electron chi connectivity index (χ1n) is 12.6. The van der Waals surface area contributed by atoms with E-state index in [2.05, 4.69) is 12.2 Å². The lowest BCUT2D eigenvalue weighted by atomic mass is 10.00. The normalized spacial score (nSPS) is 10.7. The Bertz CT molecular complexity index is 931. The molecule has 2 aromatic carbocycles. The van der Waals surface area contributed by atoms with Gasteiger partial charge in [0.1, 0.15) is 12.4 Å². The Balaban J connectivity index is 2.14. The van der Waals surface area contributed by atoms with Gasteiger partial charge in [-0.05, 0) is 49.1 Å². The average molecular weight is 485 g/mol. The van der Waals surface area contributed by atoms with E-state index in [0.717, 1.165) is 35.2 Å². The van der Waals surface area contributed by atoms with E-state index >= 15 is 0 Å². The molecule has 7 heteroatoms. The van der Waals surface area contributed by atoms with Crippen LogP contribution in [0.4, 0.5) is 10.5 Å². The Morgan fingerprint density at radius 3 is 2.54 bits per heavy atom. The summed E-state index contributed by atoms with van der Waals surface area (Å²) in [6.45, 7) is 6.27. The minimum Gasteiger partial charge on any atom is -0.491 e. The highest BCUT2D eigenvalue weighted by Crippen LogP contribution is 2.33. The highest BCUT2D eigenvalue weighted by atomic mass is 16.5. The molecule has 2 N–H and O–H groups in total. The molecule has 0 aliphatic carbocycles. The number of hydrogen-bond donors (Lipinski definition) is 2. The third kappa shape index (κ3) is 9.99. The number of amides is 2. The summed E-state index contributed by atoms with van der Waals surface area (Å²) in [5.41, 5.74) is 3.47.